The summed E-state index contributed by atoms with van der Waals surface area (Å²) in [6, 6.07) is 8.35. The second-order valence-electron chi connectivity index (χ2n) is 6.83. The first-order chi connectivity index (χ1) is 13.8. The molecule has 1 aromatic heterocycles. The van der Waals surface area contributed by atoms with Crippen LogP contribution in [-0.2, 0) is 11.3 Å². The van der Waals surface area contributed by atoms with Crippen molar-refractivity contribution >= 4 is 50.7 Å². The molecule has 5 N–H and O–H groups in total. The predicted molar refractivity (Wildman–Crippen MR) is 116 cm³/mol. The Morgan fingerprint density at radius 2 is 1.55 bits per heavy atom. The van der Waals surface area contributed by atoms with Crippen LogP contribution in [0.3, 0.4) is 0 Å². The van der Waals surface area contributed by atoms with Gasteiger partial charge < -0.3 is 16.8 Å². The van der Waals surface area contributed by atoms with Gasteiger partial charge in [-0.15, -0.1) is 11.3 Å². The molecule has 3 rings (SSSR count). The van der Waals surface area contributed by atoms with E-state index in [0.717, 1.165) is 36.5 Å². The highest BCUT2D eigenvalue weighted by Crippen LogP contribution is 2.23. The largest absolute Gasteiger partial charge is 0.366 e. The number of primary amides is 2. The van der Waals surface area contributed by atoms with Gasteiger partial charge in [-0.3, -0.25) is 24.2 Å². The number of thiophene rings is 1. The van der Waals surface area contributed by atoms with Crippen molar-refractivity contribution in [3.05, 3.63) is 50.1 Å². The SMILES string of the molecule is NC(=O)c1cc(NC(=O)CN2CCN(Cc3ccc(Br)s3)CC2)cc(C(N)=O)c1. The molecule has 1 aromatic carbocycles. The van der Waals surface area contributed by atoms with E-state index in [9.17, 15) is 14.4 Å². The molecule has 1 saturated heterocycles. The highest BCUT2D eigenvalue weighted by Gasteiger charge is 2.20. The first-order valence-corrected chi connectivity index (χ1v) is 10.6. The van der Waals surface area contributed by atoms with Gasteiger partial charge in [0.05, 0.1) is 10.3 Å². The zero-order valence-corrected chi connectivity index (χ0v) is 18.1. The lowest BCUT2D eigenvalue weighted by Crippen LogP contribution is -2.48. The number of rotatable bonds is 7. The van der Waals surface area contributed by atoms with E-state index in [0.29, 0.717) is 5.69 Å². The van der Waals surface area contributed by atoms with Crippen molar-refractivity contribution < 1.29 is 14.4 Å². The molecule has 10 heteroatoms. The van der Waals surface area contributed by atoms with E-state index in [-0.39, 0.29) is 23.6 Å². The lowest BCUT2D eigenvalue weighted by molar-refractivity contribution is -0.117. The minimum atomic E-state index is -0.697. The van der Waals surface area contributed by atoms with E-state index in [1.54, 1.807) is 11.3 Å². The Bertz CT molecular complexity index is 892. The zero-order valence-electron chi connectivity index (χ0n) is 15.7. The van der Waals surface area contributed by atoms with Crippen LogP contribution in [0.25, 0.3) is 0 Å². The van der Waals surface area contributed by atoms with Gasteiger partial charge in [0.2, 0.25) is 17.7 Å². The van der Waals surface area contributed by atoms with Crippen molar-refractivity contribution in [1.82, 2.24) is 9.80 Å². The van der Waals surface area contributed by atoms with Gasteiger partial charge in [0, 0.05) is 54.4 Å². The highest BCUT2D eigenvalue weighted by molar-refractivity contribution is 9.11. The average Bonchev–Trinajstić information content (AvgIpc) is 3.07. The van der Waals surface area contributed by atoms with Gasteiger partial charge in [-0.05, 0) is 46.3 Å². The summed E-state index contributed by atoms with van der Waals surface area (Å²) in [4.78, 5) is 41.0. The van der Waals surface area contributed by atoms with Crippen LogP contribution in [0.5, 0.6) is 0 Å². The molecule has 0 spiro atoms. The Morgan fingerprint density at radius 1 is 0.966 bits per heavy atom. The topological polar surface area (TPSA) is 122 Å². The third-order valence-corrected chi connectivity index (χ3v) is 6.23. The third-order valence-electron chi connectivity index (χ3n) is 4.63. The summed E-state index contributed by atoms with van der Waals surface area (Å²) in [5.41, 5.74) is 11.1. The van der Waals surface area contributed by atoms with E-state index in [2.05, 4.69) is 43.2 Å². The number of halogens is 1. The van der Waals surface area contributed by atoms with Crippen LogP contribution < -0.4 is 16.8 Å². The van der Waals surface area contributed by atoms with Crippen LogP contribution in [0.15, 0.2) is 34.1 Å². The Morgan fingerprint density at radius 3 is 2.07 bits per heavy atom. The minimum Gasteiger partial charge on any atom is -0.366 e. The van der Waals surface area contributed by atoms with Crippen LogP contribution >= 0.6 is 27.3 Å². The van der Waals surface area contributed by atoms with Crippen LogP contribution in [-0.4, -0.2) is 60.2 Å². The summed E-state index contributed by atoms with van der Waals surface area (Å²) in [7, 11) is 0. The second kappa shape index (κ2) is 9.49. The zero-order chi connectivity index (χ0) is 21.0. The normalized spacial score (nSPS) is 15.2. The molecule has 1 aliphatic heterocycles. The lowest BCUT2D eigenvalue weighted by Gasteiger charge is -2.34. The van der Waals surface area contributed by atoms with Gasteiger partial charge in [0.25, 0.3) is 0 Å². The minimum absolute atomic E-state index is 0.116. The summed E-state index contributed by atoms with van der Waals surface area (Å²) >= 11 is 5.21. The molecule has 0 atom stereocenters. The van der Waals surface area contributed by atoms with Gasteiger partial charge in [0.15, 0.2) is 0 Å². The van der Waals surface area contributed by atoms with Gasteiger partial charge in [-0.25, -0.2) is 0 Å². The number of piperazine rings is 1. The summed E-state index contributed by atoms with van der Waals surface area (Å²) in [5.74, 6) is -1.62. The highest BCUT2D eigenvalue weighted by atomic mass is 79.9. The van der Waals surface area contributed by atoms with Gasteiger partial charge in [-0.2, -0.15) is 0 Å². The fraction of sp³-hybridized carbons (Fsp3) is 0.316. The molecule has 2 heterocycles. The Labute approximate surface area is 181 Å². The summed E-state index contributed by atoms with van der Waals surface area (Å²) in [6.45, 7) is 4.47. The lowest BCUT2D eigenvalue weighted by atomic mass is 10.1. The molecule has 0 saturated carbocycles. The van der Waals surface area contributed by atoms with Crippen molar-refractivity contribution in [3.63, 3.8) is 0 Å². The number of benzene rings is 1. The summed E-state index contributed by atoms with van der Waals surface area (Å²) in [6.07, 6.45) is 0. The molecule has 1 aliphatic rings. The van der Waals surface area contributed by atoms with Crippen LogP contribution in [0.2, 0.25) is 0 Å². The van der Waals surface area contributed by atoms with Crippen molar-refractivity contribution in [1.29, 1.82) is 0 Å². The molecule has 8 nitrogen and oxygen atoms in total. The van der Waals surface area contributed by atoms with E-state index in [1.807, 2.05) is 0 Å². The smallest absolute Gasteiger partial charge is 0.248 e. The van der Waals surface area contributed by atoms with E-state index in [1.165, 1.54) is 23.1 Å². The molecular formula is C19H22BrN5O3S. The third kappa shape index (κ3) is 6.10. The number of carbonyl (C=O) groups is 3. The van der Waals surface area contributed by atoms with Crippen molar-refractivity contribution in [2.45, 2.75) is 6.54 Å². The van der Waals surface area contributed by atoms with Crippen molar-refractivity contribution in [3.8, 4) is 0 Å². The Kier molecular flexibility index (Phi) is 7.01. The molecule has 0 bridgehead atoms. The Hall–Kier alpha value is -2.27. The molecule has 0 aliphatic carbocycles. The first-order valence-electron chi connectivity index (χ1n) is 9.03. The first kappa shape index (κ1) is 21.4. The average molecular weight is 480 g/mol. The maximum Gasteiger partial charge on any atom is 0.248 e. The van der Waals surface area contributed by atoms with E-state index < -0.39 is 11.8 Å². The van der Waals surface area contributed by atoms with Crippen LogP contribution in [0.4, 0.5) is 5.69 Å². The number of carbonyl (C=O) groups excluding carboxylic acids is 3. The van der Waals surface area contributed by atoms with Crippen molar-refractivity contribution in [2.75, 3.05) is 38.0 Å². The van der Waals surface area contributed by atoms with Gasteiger partial charge >= 0.3 is 0 Å². The summed E-state index contributed by atoms with van der Waals surface area (Å²) < 4.78 is 1.13. The summed E-state index contributed by atoms with van der Waals surface area (Å²) in [5, 5.41) is 2.72. The number of nitrogens with zero attached hydrogens (tertiary/aromatic N) is 2. The van der Waals surface area contributed by atoms with Gasteiger partial charge in [-0.1, -0.05) is 0 Å². The molecule has 2 aromatic rings. The monoisotopic (exact) mass is 479 g/mol. The second-order valence-corrected chi connectivity index (χ2v) is 9.38. The quantitative estimate of drug-likeness (QED) is 0.554. The molecule has 154 valence electrons. The van der Waals surface area contributed by atoms with E-state index >= 15 is 0 Å². The molecule has 1 fully saturated rings. The molecular weight excluding hydrogens is 458 g/mol. The number of nitrogens with one attached hydrogen (secondary N) is 1. The van der Waals surface area contributed by atoms with Crippen molar-refractivity contribution in [2.24, 2.45) is 11.5 Å². The fourth-order valence-corrected chi connectivity index (χ4v) is 4.68. The molecule has 3 amide bonds. The fourth-order valence-electron chi connectivity index (χ4n) is 3.15. The Balaban J connectivity index is 1.52. The van der Waals surface area contributed by atoms with Gasteiger partial charge in [0.1, 0.15) is 0 Å². The number of nitrogens with two attached hydrogens (primary N) is 2. The maximum atomic E-state index is 12.4. The maximum absolute atomic E-state index is 12.4. The van der Waals surface area contributed by atoms with Crippen LogP contribution in [0.1, 0.15) is 25.6 Å². The van der Waals surface area contributed by atoms with E-state index in [4.69, 9.17) is 11.5 Å². The predicted octanol–water partition coefficient (Wildman–Crippen LogP) is 1.46. The number of hydrogen-bond acceptors (Lipinski definition) is 6. The molecule has 0 unspecified atom stereocenters. The number of amides is 3. The standard InChI is InChI=1S/C19H22BrN5O3S/c20-16-2-1-15(29-16)10-24-3-5-25(6-4-24)11-17(26)23-14-8-12(18(21)27)7-13(9-14)19(22)28/h1-2,7-9H,3-6,10-11H2,(H2,21,27)(H2,22,28)(H,23,26). The number of hydrogen-bond donors (Lipinski definition) is 3. The number of anilines is 1. The van der Waals surface area contributed by atoms with Crippen LogP contribution in [0, 0.1) is 0 Å². The molecule has 29 heavy (non-hydrogen) atoms. The molecule has 0 radical (unpaired) electrons.